The lowest BCUT2D eigenvalue weighted by atomic mass is 9.88. The number of rotatable bonds is 6. The first kappa shape index (κ1) is 30.3. The number of aryl methyl sites for hydroxylation is 1. The molecule has 7 rings (SSSR count). The summed E-state index contributed by atoms with van der Waals surface area (Å²) in [7, 11) is 2.03. The van der Waals surface area contributed by atoms with E-state index in [1.165, 1.54) is 56.0 Å². The van der Waals surface area contributed by atoms with Crippen molar-refractivity contribution in [2.45, 2.75) is 65.8 Å². The summed E-state index contributed by atoms with van der Waals surface area (Å²) in [5.74, 6) is 3.72. The Morgan fingerprint density at radius 1 is 0.644 bits per heavy atom. The predicted octanol–water partition coefficient (Wildman–Crippen LogP) is 9.92. The molecule has 1 aliphatic rings. The lowest BCUT2D eigenvalue weighted by Gasteiger charge is -2.20. The van der Waals surface area contributed by atoms with Crippen LogP contribution in [0.4, 0.5) is 0 Å². The van der Waals surface area contributed by atoms with Crippen molar-refractivity contribution >= 4 is 0 Å². The van der Waals surface area contributed by atoms with Gasteiger partial charge in [0, 0.05) is 41.7 Å². The van der Waals surface area contributed by atoms with Gasteiger partial charge in [0.05, 0.1) is 5.56 Å². The van der Waals surface area contributed by atoms with E-state index in [4.69, 9.17) is 0 Å². The van der Waals surface area contributed by atoms with Gasteiger partial charge >= 0.3 is 0 Å². The standard InChI is InChI=1S/C28H29N2.C13H16N2/c1-19(2)25-16-23(21-10-6-5-7-11-21)17-26(20(3)4)27(25)30-15-14-29-18-22-12-8-9-13-24(22)28(29)30;1-10(2)11-6-4-5-7-12(11)13-14-8-9-15(13)3/h5-17,19-20H,18H2,1-4H3;4-10H,1-3H3/q+1;. The molecule has 0 radical (unpaired) electrons. The lowest BCUT2D eigenvalue weighted by molar-refractivity contribution is -0.671. The Morgan fingerprint density at radius 3 is 1.87 bits per heavy atom. The van der Waals surface area contributed by atoms with Crippen LogP contribution in [0.25, 0.3) is 39.6 Å². The van der Waals surface area contributed by atoms with Crippen LogP contribution < -0.4 is 4.57 Å². The van der Waals surface area contributed by atoms with E-state index in [-0.39, 0.29) is 0 Å². The molecular formula is C41H45N4+. The van der Waals surface area contributed by atoms with Crippen LogP contribution in [0.15, 0.2) is 116 Å². The molecule has 0 spiro atoms. The molecule has 6 aromatic rings. The van der Waals surface area contributed by atoms with E-state index >= 15 is 0 Å². The zero-order chi connectivity index (χ0) is 31.7. The first-order valence-corrected chi connectivity index (χ1v) is 16.2. The van der Waals surface area contributed by atoms with Crippen LogP contribution in [-0.4, -0.2) is 14.1 Å². The minimum atomic E-state index is 0.431. The highest BCUT2D eigenvalue weighted by Crippen LogP contribution is 2.39. The van der Waals surface area contributed by atoms with Crippen molar-refractivity contribution in [3.05, 3.63) is 138 Å². The Morgan fingerprint density at radius 2 is 1.24 bits per heavy atom. The highest BCUT2D eigenvalue weighted by Gasteiger charge is 2.32. The normalized spacial score (nSPS) is 12.0. The van der Waals surface area contributed by atoms with Crippen molar-refractivity contribution in [3.8, 4) is 39.6 Å². The minimum Gasteiger partial charge on any atom is -0.334 e. The molecule has 0 N–H and O–H groups in total. The Hall–Kier alpha value is -4.70. The Bertz CT molecular complexity index is 1890. The van der Waals surface area contributed by atoms with Gasteiger partial charge in [-0.15, -0.1) is 0 Å². The van der Waals surface area contributed by atoms with Crippen LogP contribution in [0.2, 0.25) is 0 Å². The number of aromatic nitrogens is 4. The lowest BCUT2D eigenvalue weighted by Crippen LogP contribution is -2.30. The van der Waals surface area contributed by atoms with E-state index < -0.39 is 0 Å². The molecule has 45 heavy (non-hydrogen) atoms. The van der Waals surface area contributed by atoms with E-state index in [9.17, 15) is 0 Å². The Labute approximate surface area is 268 Å². The van der Waals surface area contributed by atoms with Crippen LogP contribution in [0, 0.1) is 0 Å². The van der Waals surface area contributed by atoms with Gasteiger partial charge in [-0.2, -0.15) is 4.57 Å². The molecule has 4 heteroatoms. The molecule has 0 unspecified atom stereocenters. The molecule has 0 bridgehead atoms. The molecule has 228 valence electrons. The fraction of sp³-hybridized carbons (Fsp3) is 0.268. The summed E-state index contributed by atoms with van der Waals surface area (Å²) < 4.78 is 6.87. The van der Waals surface area contributed by atoms with Crippen molar-refractivity contribution in [1.29, 1.82) is 0 Å². The summed E-state index contributed by atoms with van der Waals surface area (Å²) >= 11 is 0. The van der Waals surface area contributed by atoms with Gasteiger partial charge in [-0.3, -0.25) is 0 Å². The van der Waals surface area contributed by atoms with Gasteiger partial charge in [-0.05, 0) is 52.6 Å². The first-order chi connectivity index (χ1) is 21.7. The molecule has 0 saturated carbocycles. The molecule has 1 aliphatic heterocycles. The minimum absolute atomic E-state index is 0.431. The van der Waals surface area contributed by atoms with E-state index in [1.807, 2.05) is 19.4 Å². The van der Waals surface area contributed by atoms with Gasteiger partial charge in [0.1, 0.15) is 30.5 Å². The van der Waals surface area contributed by atoms with Crippen LogP contribution in [0.3, 0.4) is 0 Å². The maximum atomic E-state index is 4.39. The third kappa shape index (κ3) is 5.90. The zero-order valence-corrected chi connectivity index (χ0v) is 27.7. The summed E-state index contributed by atoms with van der Waals surface area (Å²) in [5.41, 5.74) is 12.1. The molecule has 0 saturated heterocycles. The summed E-state index contributed by atoms with van der Waals surface area (Å²) in [6.07, 6.45) is 8.30. The average molecular weight is 594 g/mol. The largest absolute Gasteiger partial charge is 0.334 e. The third-order valence-corrected chi connectivity index (χ3v) is 8.90. The van der Waals surface area contributed by atoms with Gasteiger partial charge in [0.25, 0.3) is 5.82 Å². The fourth-order valence-corrected chi connectivity index (χ4v) is 6.54. The van der Waals surface area contributed by atoms with Gasteiger partial charge in [-0.1, -0.05) is 114 Å². The summed E-state index contributed by atoms with van der Waals surface area (Å²) in [4.78, 5) is 4.39. The molecule has 3 heterocycles. The topological polar surface area (TPSA) is 26.6 Å². The molecule has 2 aromatic heterocycles. The molecule has 0 amide bonds. The van der Waals surface area contributed by atoms with E-state index in [1.54, 1.807) is 0 Å². The quantitative estimate of drug-likeness (QED) is 0.176. The maximum Gasteiger partial charge on any atom is 0.294 e. The molecule has 4 nitrogen and oxygen atoms in total. The van der Waals surface area contributed by atoms with Crippen molar-refractivity contribution in [3.63, 3.8) is 0 Å². The van der Waals surface area contributed by atoms with Crippen LogP contribution in [-0.2, 0) is 13.6 Å². The van der Waals surface area contributed by atoms with Crippen molar-refractivity contribution in [1.82, 2.24) is 14.1 Å². The van der Waals surface area contributed by atoms with E-state index in [2.05, 4.69) is 164 Å². The smallest absolute Gasteiger partial charge is 0.294 e. The van der Waals surface area contributed by atoms with Gasteiger partial charge < -0.3 is 4.57 Å². The summed E-state index contributed by atoms with van der Waals surface area (Å²) in [6, 6.07) is 32.8. The fourth-order valence-electron chi connectivity index (χ4n) is 6.54. The van der Waals surface area contributed by atoms with E-state index in [0.717, 1.165) is 12.4 Å². The molecule has 0 atom stereocenters. The van der Waals surface area contributed by atoms with Crippen LogP contribution >= 0.6 is 0 Å². The number of fused-ring (bicyclic) bond motifs is 3. The first-order valence-electron chi connectivity index (χ1n) is 16.2. The van der Waals surface area contributed by atoms with Gasteiger partial charge in [-0.25, -0.2) is 9.55 Å². The number of imidazole rings is 2. The number of hydrogen-bond donors (Lipinski definition) is 0. The molecule has 0 fully saturated rings. The Balaban J connectivity index is 0.000000200. The monoisotopic (exact) mass is 593 g/mol. The number of nitrogens with zero attached hydrogens (tertiary/aromatic N) is 4. The average Bonchev–Trinajstić information content (AvgIpc) is 3.76. The highest BCUT2D eigenvalue weighted by atomic mass is 15.2. The maximum absolute atomic E-state index is 4.39. The molecule has 0 aliphatic carbocycles. The predicted molar refractivity (Wildman–Crippen MR) is 187 cm³/mol. The van der Waals surface area contributed by atoms with Crippen LogP contribution in [0.1, 0.15) is 81.5 Å². The molecule has 4 aromatic carbocycles. The van der Waals surface area contributed by atoms with E-state index in [0.29, 0.717) is 17.8 Å². The number of hydrogen-bond acceptors (Lipinski definition) is 1. The van der Waals surface area contributed by atoms with Crippen molar-refractivity contribution in [2.75, 3.05) is 0 Å². The van der Waals surface area contributed by atoms with Crippen molar-refractivity contribution in [2.24, 2.45) is 7.05 Å². The number of benzene rings is 4. The summed E-state index contributed by atoms with van der Waals surface area (Å²) in [6.45, 7) is 14.6. The second-order valence-electron chi connectivity index (χ2n) is 13.1. The third-order valence-electron chi connectivity index (χ3n) is 8.90. The SMILES string of the molecule is CC(C)c1cc(-c2ccccc2)cc(C(C)C)c1-n1cc[n+]2c1-c1ccccc1C2.CC(C)c1ccccc1-c1nccn1C. The zero-order valence-electron chi connectivity index (χ0n) is 27.7. The highest BCUT2D eigenvalue weighted by molar-refractivity contribution is 5.72. The second-order valence-corrected chi connectivity index (χ2v) is 13.1. The van der Waals surface area contributed by atoms with Gasteiger partial charge in [0.2, 0.25) is 0 Å². The molecular weight excluding hydrogens is 548 g/mol. The summed E-state index contributed by atoms with van der Waals surface area (Å²) in [5, 5.41) is 0. The van der Waals surface area contributed by atoms with Gasteiger partial charge in [0.15, 0.2) is 0 Å². The Kier molecular flexibility index (Phi) is 8.58. The second kappa shape index (κ2) is 12.7. The van der Waals surface area contributed by atoms with Crippen LogP contribution in [0.5, 0.6) is 0 Å². The van der Waals surface area contributed by atoms with Crippen molar-refractivity contribution < 1.29 is 4.57 Å².